The van der Waals surface area contributed by atoms with Crippen LogP contribution in [0.3, 0.4) is 0 Å². The van der Waals surface area contributed by atoms with Gasteiger partial charge in [0.1, 0.15) is 16.4 Å². The molecule has 29 heavy (non-hydrogen) atoms. The molecule has 0 saturated heterocycles. The highest BCUT2D eigenvalue weighted by Crippen LogP contribution is 2.22. The first kappa shape index (κ1) is 20.6. The first-order chi connectivity index (χ1) is 14.0. The zero-order chi connectivity index (χ0) is 20.6. The van der Waals surface area contributed by atoms with Gasteiger partial charge in [0.2, 0.25) is 5.91 Å². The molecule has 1 N–H and O–H groups in total. The monoisotopic (exact) mass is 428 g/mol. The van der Waals surface area contributed by atoms with Gasteiger partial charge in [0.15, 0.2) is 0 Å². The highest BCUT2D eigenvalue weighted by molar-refractivity contribution is 7.12. The highest BCUT2D eigenvalue weighted by Gasteiger charge is 2.09. The number of hydrogen-bond donors (Lipinski definition) is 1. The normalized spacial score (nSPS) is 10.7. The van der Waals surface area contributed by atoms with Crippen molar-refractivity contribution in [2.45, 2.75) is 6.42 Å². The molecule has 0 unspecified atom stereocenters. The lowest BCUT2D eigenvalue weighted by atomic mass is 10.1. The molecule has 6 nitrogen and oxygen atoms in total. The van der Waals surface area contributed by atoms with Crippen molar-refractivity contribution in [2.75, 3.05) is 7.11 Å². The zero-order valence-electron chi connectivity index (χ0n) is 15.4. The van der Waals surface area contributed by atoms with E-state index in [-0.39, 0.29) is 12.3 Å². The fourth-order valence-corrected chi connectivity index (χ4v) is 3.16. The van der Waals surface area contributed by atoms with Crippen LogP contribution >= 0.6 is 22.9 Å². The van der Waals surface area contributed by atoms with Crippen LogP contribution in [0.25, 0.3) is 0 Å². The van der Waals surface area contributed by atoms with Gasteiger partial charge in [-0.3, -0.25) is 4.79 Å². The smallest absolute Gasteiger partial charge is 0.353 e. The lowest BCUT2D eigenvalue weighted by molar-refractivity contribution is -0.120. The average molecular weight is 429 g/mol. The van der Waals surface area contributed by atoms with Crippen molar-refractivity contribution in [1.29, 1.82) is 0 Å². The molecule has 0 fully saturated rings. The summed E-state index contributed by atoms with van der Waals surface area (Å²) >= 11 is 7.42. The molecule has 0 aliphatic heterocycles. The number of carbonyl (C=O) groups excluding carboxylic acids is 2. The maximum Gasteiger partial charge on any atom is 0.353 e. The maximum absolute atomic E-state index is 12.1. The molecule has 0 saturated carbocycles. The van der Waals surface area contributed by atoms with Gasteiger partial charge in [0, 0.05) is 5.02 Å². The van der Waals surface area contributed by atoms with Crippen LogP contribution in [0.1, 0.15) is 20.8 Å². The quantitative estimate of drug-likeness (QED) is 0.263. The first-order valence-corrected chi connectivity index (χ1v) is 9.81. The van der Waals surface area contributed by atoms with Crippen molar-refractivity contribution in [1.82, 2.24) is 5.43 Å². The second kappa shape index (κ2) is 9.86. The van der Waals surface area contributed by atoms with Crippen molar-refractivity contribution in [3.8, 4) is 11.5 Å². The van der Waals surface area contributed by atoms with Gasteiger partial charge in [-0.15, -0.1) is 11.3 Å². The van der Waals surface area contributed by atoms with E-state index in [9.17, 15) is 9.59 Å². The molecule has 3 aromatic rings. The van der Waals surface area contributed by atoms with Gasteiger partial charge in [0.25, 0.3) is 0 Å². The van der Waals surface area contributed by atoms with Crippen molar-refractivity contribution in [3.63, 3.8) is 0 Å². The number of rotatable bonds is 7. The lowest BCUT2D eigenvalue weighted by Crippen LogP contribution is -2.20. The average Bonchev–Trinajstić information content (AvgIpc) is 3.26. The molecule has 148 valence electrons. The second-order valence-corrected chi connectivity index (χ2v) is 7.22. The molecule has 0 aliphatic carbocycles. The summed E-state index contributed by atoms with van der Waals surface area (Å²) in [6, 6.07) is 15.4. The van der Waals surface area contributed by atoms with E-state index in [0.29, 0.717) is 27.0 Å². The summed E-state index contributed by atoms with van der Waals surface area (Å²) in [6.45, 7) is 0. The number of methoxy groups -OCH3 is 1. The lowest BCUT2D eigenvalue weighted by Gasteiger charge is -2.06. The molecular formula is C21H17ClN2O4S. The Bertz CT molecular complexity index is 1020. The minimum atomic E-state index is -0.398. The van der Waals surface area contributed by atoms with E-state index < -0.39 is 5.97 Å². The molecule has 1 heterocycles. The number of hydrogen-bond acceptors (Lipinski definition) is 6. The van der Waals surface area contributed by atoms with Gasteiger partial charge < -0.3 is 9.47 Å². The number of ether oxygens (including phenoxy) is 2. The standard InChI is InChI=1S/C21H17ClN2O4S/c1-27-17-8-9-18(22)15(11-17)12-20(25)24-23-13-14-4-6-16(7-5-14)28-21(26)19-3-2-10-29-19/h2-11,13H,12H2,1H3,(H,24,25)/b23-13+. The molecule has 0 bridgehead atoms. The fourth-order valence-electron chi connectivity index (χ4n) is 2.38. The van der Waals surface area contributed by atoms with Crippen molar-refractivity contribution in [2.24, 2.45) is 5.10 Å². The number of halogens is 1. The summed E-state index contributed by atoms with van der Waals surface area (Å²) in [5.41, 5.74) is 3.84. The fraction of sp³-hybridized carbons (Fsp3) is 0.0952. The Hall–Kier alpha value is -3.16. The van der Waals surface area contributed by atoms with Crippen LogP contribution in [-0.2, 0) is 11.2 Å². The largest absolute Gasteiger partial charge is 0.497 e. The van der Waals surface area contributed by atoms with Crippen molar-refractivity contribution in [3.05, 3.63) is 81.0 Å². The second-order valence-electron chi connectivity index (χ2n) is 5.86. The predicted molar refractivity (Wildman–Crippen MR) is 113 cm³/mol. The minimum Gasteiger partial charge on any atom is -0.497 e. The van der Waals surface area contributed by atoms with E-state index in [1.807, 2.05) is 5.38 Å². The molecule has 0 atom stereocenters. The van der Waals surface area contributed by atoms with E-state index >= 15 is 0 Å². The Balaban J connectivity index is 1.52. The third kappa shape index (κ3) is 5.91. The number of hydrazone groups is 1. The van der Waals surface area contributed by atoms with E-state index in [1.54, 1.807) is 61.7 Å². The predicted octanol–water partition coefficient (Wildman–Crippen LogP) is 4.32. The third-order valence-corrected chi connectivity index (χ3v) is 5.04. The zero-order valence-corrected chi connectivity index (χ0v) is 17.0. The van der Waals surface area contributed by atoms with Gasteiger partial charge in [-0.05, 0) is 65.0 Å². The number of nitrogens with one attached hydrogen (secondary N) is 1. The van der Waals surface area contributed by atoms with Crippen LogP contribution in [0, 0.1) is 0 Å². The maximum atomic E-state index is 12.1. The molecule has 0 radical (unpaired) electrons. The summed E-state index contributed by atoms with van der Waals surface area (Å²) in [4.78, 5) is 24.5. The van der Waals surface area contributed by atoms with E-state index in [2.05, 4.69) is 10.5 Å². The number of thiophene rings is 1. The third-order valence-electron chi connectivity index (χ3n) is 3.82. The summed E-state index contributed by atoms with van der Waals surface area (Å²) in [5, 5.41) is 6.23. The van der Waals surface area contributed by atoms with Crippen LogP contribution in [-0.4, -0.2) is 25.2 Å². The first-order valence-electron chi connectivity index (χ1n) is 8.55. The number of carbonyl (C=O) groups is 2. The van der Waals surface area contributed by atoms with Gasteiger partial charge in [0.05, 0.1) is 19.7 Å². The van der Waals surface area contributed by atoms with Gasteiger partial charge in [-0.2, -0.15) is 5.10 Å². The van der Waals surface area contributed by atoms with Crippen LogP contribution in [0.4, 0.5) is 0 Å². The Morgan fingerprint density at radius 2 is 1.90 bits per heavy atom. The van der Waals surface area contributed by atoms with E-state index in [1.165, 1.54) is 17.6 Å². The highest BCUT2D eigenvalue weighted by atomic mass is 35.5. The summed E-state index contributed by atoms with van der Waals surface area (Å²) < 4.78 is 10.4. The van der Waals surface area contributed by atoms with E-state index in [0.717, 1.165) is 5.56 Å². The van der Waals surface area contributed by atoms with Crippen LogP contribution < -0.4 is 14.9 Å². The molecule has 2 aromatic carbocycles. The Morgan fingerprint density at radius 3 is 2.59 bits per heavy atom. The SMILES string of the molecule is COc1ccc(Cl)c(CC(=O)N/N=C/c2ccc(OC(=O)c3cccs3)cc2)c1. The molecule has 1 aromatic heterocycles. The summed E-state index contributed by atoms with van der Waals surface area (Å²) in [7, 11) is 1.55. The topological polar surface area (TPSA) is 77.0 Å². The molecular weight excluding hydrogens is 412 g/mol. The molecule has 0 aliphatic rings. The van der Waals surface area contributed by atoms with Crippen molar-refractivity contribution < 1.29 is 19.1 Å². The van der Waals surface area contributed by atoms with Gasteiger partial charge >= 0.3 is 5.97 Å². The molecule has 0 spiro atoms. The Kier molecular flexibility index (Phi) is 6.99. The van der Waals surface area contributed by atoms with Gasteiger partial charge in [-0.25, -0.2) is 10.2 Å². The molecule has 8 heteroatoms. The number of amides is 1. The molecule has 1 amide bonds. The van der Waals surface area contributed by atoms with Crippen LogP contribution in [0.2, 0.25) is 5.02 Å². The van der Waals surface area contributed by atoms with Crippen LogP contribution in [0.5, 0.6) is 11.5 Å². The number of benzene rings is 2. The summed E-state index contributed by atoms with van der Waals surface area (Å²) in [6.07, 6.45) is 1.57. The minimum absolute atomic E-state index is 0.0744. The number of nitrogens with zero attached hydrogens (tertiary/aromatic N) is 1. The van der Waals surface area contributed by atoms with Gasteiger partial charge in [-0.1, -0.05) is 17.7 Å². The Labute approximate surface area is 176 Å². The van der Waals surface area contributed by atoms with E-state index in [4.69, 9.17) is 21.1 Å². The summed E-state index contributed by atoms with van der Waals surface area (Å²) in [5.74, 6) is 0.348. The van der Waals surface area contributed by atoms with Crippen LogP contribution in [0.15, 0.2) is 65.1 Å². The van der Waals surface area contributed by atoms with Crippen molar-refractivity contribution >= 4 is 41.0 Å². The number of esters is 1. The molecule has 3 rings (SSSR count). The Morgan fingerprint density at radius 1 is 1.14 bits per heavy atom.